The van der Waals surface area contributed by atoms with Gasteiger partial charge in [0.25, 0.3) is 0 Å². The molecular weight excluding hydrogens is 256 g/mol. The Morgan fingerprint density at radius 1 is 1.50 bits per heavy atom. The van der Waals surface area contributed by atoms with Gasteiger partial charge in [0.1, 0.15) is 10.6 Å². The van der Waals surface area contributed by atoms with Gasteiger partial charge in [-0.05, 0) is 31.5 Å². The second-order valence-corrected chi connectivity index (χ2v) is 5.75. The largest absolute Gasteiger partial charge is 0.495 e. The van der Waals surface area contributed by atoms with E-state index in [9.17, 15) is 8.42 Å². The number of aryl methyl sites for hydroxylation is 1. The van der Waals surface area contributed by atoms with E-state index in [1.165, 1.54) is 13.2 Å². The maximum absolute atomic E-state index is 12.1. The van der Waals surface area contributed by atoms with Gasteiger partial charge in [-0.1, -0.05) is 0 Å². The van der Waals surface area contributed by atoms with Gasteiger partial charge in [0.05, 0.1) is 13.7 Å². The van der Waals surface area contributed by atoms with Crippen molar-refractivity contribution in [3.8, 4) is 5.75 Å². The fourth-order valence-corrected chi connectivity index (χ4v) is 2.83. The number of nitrogen functional groups attached to an aromatic ring is 1. The van der Waals surface area contributed by atoms with Crippen LogP contribution in [-0.4, -0.2) is 33.3 Å². The second-order valence-electron chi connectivity index (χ2n) is 4.06. The fourth-order valence-electron chi connectivity index (χ4n) is 1.41. The molecule has 0 spiro atoms. The predicted molar refractivity (Wildman–Crippen MR) is 69.0 cm³/mol. The maximum Gasteiger partial charge on any atom is 0.244 e. The molecule has 0 aromatic heterocycles. The van der Waals surface area contributed by atoms with Crippen LogP contribution in [-0.2, 0) is 10.0 Å². The van der Waals surface area contributed by atoms with Gasteiger partial charge in [-0.3, -0.25) is 0 Å². The number of hydrogen-bond acceptors (Lipinski definition) is 5. The molecule has 0 fully saturated rings. The van der Waals surface area contributed by atoms with Crippen molar-refractivity contribution in [2.45, 2.75) is 24.8 Å². The molecule has 0 saturated heterocycles. The molecule has 0 amide bonds. The number of sulfonamides is 1. The van der Waals surface area contributed by atoms with E-state index in [1.54, 1.807) is 19.9 Å². The third kappa shape index (κ3) is 3.12. The van der Waals surface area contributed by atoms with E-state index in [1.807, 2.05) is 0 Å². The Morgan fingerprint density at radius 3 is 2.61 bits per heavy atom. The number of hydrogen-bond donors (Lipinski definition) is 3. The molecule has 7 heteroatoms. The van der Waals surface area contributed by atoms with Crippen molar-refractivity contribution >= 4 is 15.7 Å². The summed E-state index contributed by atoms with van der Waals surface area (Å²) in [6, 6.07) is 2.33. The third-order valence-corrected chi connectivity index (χ3v) is 4.08. The first-order valence-electron chi connectivity index (χ1n) is 5.39. The first-order chi connectivity index (χ1) is 8.31. The SMILES string of the molecule is COc1cc(C)c(N)cc1S(=O)(=O)N[C@H](C)CO. The van der Waals surface area contributed by atoms with Crippen molar-refractivity contribution in [1.82, 2.24) is 4.72 Å². The molecule has 4 N–H and O–H groups in total. The molecular formula is C11H18N2O4S. The zero-order valence-electron chi connectivity index (χ0n) is 10.6. The maximum atomic E-state index is 12.1. The van der Waals surface area contributed by atoms with Gasteiger partial charge in [0, 0.05) is 11.7 Å². The summed E-state index contributed by atoms with van der Waals surface area (Å²) >= 11 is 0. The van der Waals surface area contributed by atoms with Crippen LogP contribution in [0.15, 0.2) is 17.0 Å². The topological polar surface area (TPSA) is 102 Å². The van der Waals surface area contributed by atoms with Crippen molar-refractivity contribution in [1.29, 1.82) is 0 Å². The molecule has 0 aliphatic carbocycles. The van der Waals surface area contributed by atoms with Crippen LogP contribution in [0.5, 0.6) is 5.75 Å². The van der Waals surface area contributed by atoms with E-state index >= 15 is 0 Å². The molecule has 0 bridgehead atoms. The van der Waals surface area contributed by atoms with Crippen molar-refractivity contribution < 1.29 is 18.3 Å². The number of aliphatic hydroxyl groups is 1. The number of rotatable bonds is 5. The lowest BCUT2D eigenvalue weighted by atomic mass is 10.2. The van der Waals surface area contributed by atoms with E-state index in [4.69, 9.17) is 15.6 Å². The molecule has 0 aliphatic heterocycles. The summed E-state index contributed by atoms with van der Waals surface area (Å²) in [5, 5.41) is 8.89. The highest BCUT2D eigenvalue weighted by Gasteiger charge is 2.22. The summed E-state index contributed by atoms with van der Waals surface area (Å²) < 4.78 is 31.5. The molecule has 1 aromatic rings. The van der Waals surface area contributed by atoms with Crippen LogP contribution >= 0.6 is 0 Å². The minimum absolute atomic E-state index is 0.0339. The molecule has 1 aromatic carbocycles. The van der Waals surface area contributed by atoms with Gasteiger partial charge in [-0.25, -0.2) is 13.1 Å². The van der Waals surface area contributed by atoms with Crippen LogP contribution in [0.25, 0.3) is 0 Å². The van der Waals surface area contributed by atoms with Crippen LogP contribution < -0.4 is 15.2 Å². The van der Waals surface area contributed by atoms with Crippen molar-refractivity contribution in [2.75, 3.05) is 19.5 Å². The highest BCUT2D eigenvalue weighted by Crippen LogP contribution is 2.28. The number of anilines is 1. The Bertz CT molecular complexity index is 528. The van der Waals surface area contributed by atoms with Crippen LogP contribution in [0.2, 0.25) is 0 Å². The molecule has 102 valence electrons. The standard InChI is InChI=1S/C11H18N2O4S/c1-7-4-10(17-3)11(5-9(7)12)18(15,16)13-8(2)6-14/h4-5,8,13-14H,6,12H2,1-3H3/t8-/m1/s1. The number of aliphatic hydroxyl groups excluding tert-OH is 1. The van der Waals surface area contributed by atoms with Gasteiger partial charge >= 0.3 is 0 Å². The molecule has 0 heterocycles. The van der Waals surface area contributed by atoms with Gasteiger partial charge in [0.2, 0.25) is 10.0 Å². The predicted octanol–water partition coefficient (Wildman–Crippen LogP) is 0.245. The van der Waals surface area contributed by atoms with Gasteiger partial charge in [-0.2, -0.15) is 0 Å². The number of benzene rings is 1. The molecule has 18 heavy (non-hydrogen) atoms. The quantitative estimate of drug-likeness (QED) is 0.668. The lowest BCUT2D eigenvalue weighted by Crippen LogP contribution is -2.35. The number of methoxy groups -OCH3 is 1. The van der Waals surface area contributed by atoms with Crippen molar-refractivity contribution in [2.24, 2.45) is 0 Å². The number of ether oxygens (including phenoxy) is 1. The van der Waals surface area contributed by atoms with E-state index in [0.29, 0.717) is 5.69 Å². The Balaban J connectivity index is 3.27. The Hall–Kier alpha value is -1.31. The van der Waals surface area contributed by atoms with E-state index < -0.39 is 16.1 Å². The minimum atomic E-state index is -3.77. The summed E-state index contributed by atoms with van der Waals surface area (Å²) in [5.41, 5.74) is 6.81. The van der Waals surface area contributed by atoms with Crippen LogP contribution in [0.3, 0.4) is 0 Å². The van der Waals surface area contributed by atoms with Crippen LogP contribution in [0, 0.1) is 6.92 Å². The van der Waals surface area contributed by atoms with Crippen LogP contribution in [0.4, 0.5) is 5.69 Å². The molecule has 0 unspecified atom stereocenters. The molecule has 0 radical (unpaired) electrons. The molecule has 0 saturated carbocycles. The summed E-state index contributed by atoms with van der Waals surface area (Å²) in [5.74, 6) is 0.222. The average Bonchev–Trinajstić information content (AvgIpc) is 2.31. The van der Waals surface area contributed by atoms with Gasteiger partial charge in [0.15, 0.2) is 0 Å². The minimum Gasteiger partial charge on any atom is -0.495 e. The lowest BCUT2D eigenvalue weighted by molar-refractivity contribution is 0.265. The Kier molecular flexibility index (Phi) is 4.55. The van der Waals surface area contributed by atoms with E-state index in [0.717, 1.165) is 5.56 Å². The zero-order valence-corrected chi connectivity index (χ0v) is 11.4. The molecule has 1 rings (SSSR count). The first kappa shape index (κ1) is 14.7. The van der Waals surface area contributed by atoms with E-state index in [2.05, 4.69) is 4.72 Å². The fraction of sp³-hybridized carbons (Fsp3) is 0.455. The lowest BCUT2D eigenvalue weighted by Gasteiger charge is -2.15. The summed E-state index contributed by atoms with van der Waals surface area (Å²) in [4.78, 5) is -0.0339. The molecule has 0 aliphatic rings. The summed E-state index contributed by atoms with van der Waals surface area (Å²) in [7, 11) is -2.38. The van der Waals surface area contributed by atoms with Gasteiger partial charge < -0.3 is 15.6 Å². The highest BCUT2D eigenvalue weighted by atomic mass is 32.2. The summed E-state index contributed by atoms with van der Waals surface area (Å²) in [6.07, 6.45) is 0. The van der Waals surface area contributed by atoms with Crippen molar-refractivity contribution in [3.63, 3.8) is 0 Å². The first-order valence-corrected chi connectivity index (χ1v) is 6.87. The molecule has 1 atom stereocenters. The van der Waals surface area contributed by atoms with Gasteiger partial charge in [-0.15, -0.1) is 0 Å². The van der Waals surface area contributed by atoms with Crippen molar-refractivity contribution in [3.05, 3.63) is 17.7 Å². The smallest absolute Gasteiger partial charge is 0.244 e. The summed E-state index contributed by atoms with van der Waals surface area (Å²) in [6.45, 7) is 3.03. The Labute approximate surface area is 107 Å². The average molecular weight is 274 g/mol. The third-order valence-electron chi connectivity index (χ3n) is 2.47. The normalized spacial score (nSPS) is 13.3. The highest BCUT2D eigenvalue weighted by molar-refractivity contribution is 7.89. The van der Waals surface area contributed by atoms with Crippen LogP contribution in [0.1, 0.15) is 12.5 Å². The number of nitrogens with two attached hydrogens (primary N) is 1. The van der Waals surface area contributed by atoms with E-state index in [-0.39, 0.29) is 17.3 Å². The number of nitrogens with one attached hydrogen (secondary N) is 1. The molecule has 6 nitrogen and oxygen atoms in total. The zero-order chi connectivity index (χ0) is 13.9. The second kappa shape index (κ2) is 5.55. The monoisotopic (exact) mass is 274 g/mol. The Morgan fingerprint density at radius 2 is 2.11 bits per heavy atom.